The summed E-state index contributed by atoms with van der Waals surface area (Å²) in [6.45, 7) is 0.893. The summed E-state index contributed by atoms with van der Waals surface area (Å²) >= 11 is 0. The highest BCUT2D eigenvalue weighted by Crippen LogP contribution is 1.95. The molecule has 3 nitrogen and oxygen atoms in total. The summed E-state index contributed by atoms with van der Waals surface area (Å²) in [5, 5.41) is 11.5. The zero-order valence-corrected chi connectivity index (χ0v) is 9.77. The van der Waals surface area contributed by atoms with Gasteiger partial charge < -0.3 is 17.6 Å². The fourth-order valence-corrected chi connectivity index (χ4v) is 1.38. The summed E-state index contributed by atoms with van der Waals surface area (Å²) < 4.78 is 2.04. The van der Waals surface area contributed by atoms with Gasteiger partial charge in [0.1, 0.15) is 12.8 Å². The summed E-state index contributed by atoms with van der Waals surface area (Å²) in [4.78, 5) is 0. The Kier molecular flexibility index (Phi) is 7.92. The molecule has 0 aliphatic rings. The van der Waals surface area contributed by atoms with Crippen LogP contribution < -0.4 is 17.0 Å². The van der Waals surface area contributed by atoms with Crippen molar-refractivity contribution in [1.29, 1.82) is 0 Å². The lowest BCUT2D eigenvalue weighted by molar-refractivity contribution is -0.698. The fraction of sp³-hybridized carbons (Fsp3) is 0.333. The van der Waals surface area contributed by atoms with Gasteiger partial charge in [0.2, 0.25) is 5.69 Å². The molecule has 0 amide bonds. The second-order valence-electron chi connectivity index (χ2n) is 3.22. The van der Waals surface area contributed by atoms with Gasteiger partial charge in [-0.25, -0.2) is 0 Å². The molecule has 0 radical (unpaired) electrons. The molecule has 0 saturated carbocycles. The molecular weight excluding hydrogens is 224 g/mol. The summed E-state index contributed by atoms with van der Waals surface area (Å²) in [5.41, 5.74) is 0.890. The highest BCUT2D eigenvalue weighted by atomic mass is 35.5. The molecule has 0 aliphatic heterocycles. The lowest BCUT2D eigenvalue weighted by atomic mass is 10.2. The molecule has 0 aromatic carbocycles. The molecule has 1 rings (SSSR count). The van der Waals surface area contributed by atoms with Crippen LogP contribution in [-0.2, 0) is 6.54 Å². The lowest BCUT2D eigenvalue weighted by Crippen LogP contribution is -3.00. The molecule has 86 valence electrons. The van der Waals surface area contributed by atoms with Crippen LogP contribution in [0.5, 0.6) is 0 Å². The molecule has 4 heteroatoms. The van der Waals surface area contributed by atoms with Crippen molar-refractivity contribution in [3.05, 3.63) is 30.1 Å². The molecule has 0 bridgehead atoms. The van der Waals surface area contributed by atoms with E-state index in [1.165, 1.54) is 6.21 Å². The average Bonchev–Trinajstić information content (AvgIpc) is 2.27. The van der Waals surface area contributed by atoms with Crippen LogP contribution in [0, 0.1) is 12.3 Å². The van der Waals surface area contributed by atoms with Crippen molar-refractivity contribution >= 4 is 6.21 Å². The summed E-state index contributed by atoms with van der Waals surface area (Å²) in [6.07, 6.45) is 11.4. The maximum absolute atomic E-state index is 8.48. The van der Waals surface area contributed by atoms with E-state index < -0.39 is 0 Å². The first-order chi connectivity index (χ1) is 7.38. The molecule has 0 spiro atoms. The van der Waals surface area contributed by atoms with E-state index in [4.69, 9.17) is 11.6 Å². The maximum atomic E-state index is 8.48. The Morgan fingerprint density at radius 3 is 2.94 bits per heavy atom. The number of aromatic nitrogens is 1. The maximum Gasteiger partial charge on any atom is 0.227 e. The normalized spacial score (nSPS) is 9.69. The third-order valence-corrected chi connectivity index (χ3v) is 2.14. The number of halogens is 1. The number of rotatable bonds is 5. The van der Waals surface area contributed by atoms with Gasteiger partial charge in [-0.1, -0.05) is 5.16 Å². The largest absolute Gasteiger partial charge is 1.00 e. The number of hydrogen-bond acceptors (Lipinski definition) is 2. The molecule has 1 aromatic rings. The number of terminal acetylenes is 1. The number of aryl methyl sites for hydroxylation is 1. The first-order valence-corrected chi connectivity index (χ1v) is 4.98. The number of hydrogen-bond donors (Lipinski definition) is 1. The second-order valence-corrected chi connectivity index (χ2v) is 3.22. The van der Waals surface area contributed by atoms with Gasteiger partial charge in [-0.2, -0.15) is 4.57 Å². The van der Waals surface area contributed by atoms with Crippen LogP contribution >= 0.6 is 0 Å². The zero-order valence-electron chi connectivity index (χ0n) is 9.01. The fourth-order valence-electron chi connectivity index (χ4n) is 1.38. The summed E-state index contributed by atoms with van der Waals surface area (Å²) in [6, 6.07) is 5.77. The van der Waals surface area contributed by atoms with Gasteiger partial charge in [0.25, 0.3) is 0 Å². The van der Waals surface area contributed by atoms with E-state index in [0.717, 1.165) is 31.5 Å². The highest BCUT2D eigenvalue weighted by Gasteiger charge is 2.05. The minimum atomic E-state index is 0. The zero-order chi connectivity index (χ0) is 10.9. The molecule has 0 fully saturated rings. The summed E-state index contributed by atoms with van der Waals surface area (Å²) in [7, 11) is 0. The van der Waals surface area contributed by atoms with Crippen LogP contribution in [0.2, 0.25) is 0 Å². The van der Waals surface area contributed by atoms with Crippen LogP contribution in [0.3, 0.4) is 0 Å². The van der Waals surface area contributed by atoms with Crippen molar-refractivity contribution in [2.75, 3.05) is 0 Å². The standard InChI is InChI=1S/C12H14N2O.ClH/c1-2-3-4-6-9-14-10-7-5-8-12(14)11-13-15;/h1,5,7-8,10-11H,3-4,6,9H2;1H. The van der Waals surface area contributed by atoms with Gasteiger partial charge >= 0.3 is 0 Å². The van der Waals surface area contributed by atoms with Crippen LogP contribution in [0.25, 0.3) is 0 Å². The molecule has 0 atom stereocenters. The molecular formula is C12H15ClN2O. The van der Waals surface area contributed by atoms with Crippen LogP contribution in [0.15, 0.2) is 29.6 Å². The van der Waals surface area contributed by atoms with Gasteiger partial charge in [0, 0.05) is 25.0 Å². The van der Waals surface area contributed by atoms with E-state index in [1.807, 2.05) is 29.0 Å². The van der Waals surface area contributed by atoms with Crippen molar-refractivity contribution in [3.8, 4) is 12.3 Å². The minimum absolute atomic E-state index is 0. The van der Waals surface area contributed by atoms with E-state index in [0.29, 0.717) is 0 Å². The highest BCUT2D eigenvalue weighted by molar-refractivity contribution is 5.74. The Morgan fingerprint density at radius 2 is 2.25 bits per heavy atom. The molecule has 1 heterocycles. The van der Waals surface area contributed by atoms with E-state index in [-0.39, 0.29) is 12.4 Å². The monoisotopic (exact) mass is 238 g/mol. The molecule has 1 N–H and O–H groups in total. The van der Waals surface area contributed by atoms with Crippen molar-refractivity contribution in [2.24, 2.45) is 5.16 Å². The smallest absolute Gasteiger partial charge is 0.227 e. The Morgan fingerprint density at radius 1 is 1.44 bits per heavy atom. The third kappa shape index (κ3) is 4.81. The third-order valence-electron chi connectivity index (χ3n) is 2.14. The Labute approximate surface area is 102 Å². The van der Waals surface area contributed by atoms with Crippen LogP contribution in [0.1, 0.15) is 25.0 Å². The topological polar surface area (TPSA) is 36.5 Å². The van der Waals surface area contributed by atoms with Gasteiger partial charge in [0.05, 0.1) is 0 Å². The quantitative estimate of drug-likeness (QED) is 0.168. The van der Waals surface area contributed by atoms with E-state index in [9.17, 15) is 0 Å². The van der Waals surface area contributed by atoms with Crippen LogP contribution in [0.4, 0.5) is 0 Å². The Bertz CT molecular complexity index is 372. The first-order valence-electron chi connectivity index (χ1n) is 4.98. The van der Waals surface area contributed by atoms with Crippen molar-refractivity contribution in [3.63, 3.8) is 0 Å². The molecule has 0 unspecified atom stereocenters. The van der Waals surface area contributed by atoms with E-state index in [1.54, 1.807) is 0 Å². The average molecular weight is 239 g/mol. The first kappa shape index (κ1) is 14.5. The molecule has 0 aliphatic carbocycles. The van der Waals surface area contributed by atoms with Crippen molar-refractivity contribution in [1.82, 2.24) is 0 Å². The molecule has 1 aromatic heterocycles. The number of oxime groups is 1. The van der Waals surface area contributed by atoms with E-state index >= 15 is 0 Å². The van der Waals surface area contributed by atoms with Gasteiger partial charge in [-0.15, -0.1) is 12.3 Å². The van der Waals surface area contributed by atoms with E-state index in [2.05, 4.69) is 11.1 Å². The summed E-state index contributed by atoms with van der Waals surface area (Å²) in [5.74, 6) is 2.62. The molecule has 16 heavy (non-hydrogen) atoms. The van der Waals surface area contributed by atoms with Crippen molar-refractivity contribution < 1.29 is 22.2 Å². The predicted octanol–water partition coefficient (Wildman–Crippen LogP) is -1.41. The molecule has 0 saturated heterocycles. The number of unbranched alkanes of at least 4 members (excludes halogenated alkanes) is 2. The Hall–Kier alpha value is -1.53. The second kappa shape index (κ2) is 8.75. The van der Waals surface area contributed by atoms with Crippen molar-refractivity contribution in [2.45, 2.75) is 25.8 Å². The number of pyridine rings is 1. The number of nitrogens with zero attached hydrogens (tertiary/aromatic N) is 2. The predicted molar refractivity (Wildman–Crippen MR) is 58.7 cm³/mol. The Balaban J connectivity index is 0.00000225. The minimum Gasteiger partial charge on any atom is -1.00 e. The van der Waals surface area contributed by atoms with Gasteiger partial charge in [-0.05, 0) is 12.5 Å². The van der Waals surface area contributed by atoms with Gasteiger partial charge in [0.15, 0.2) is 6.20 Å². The van der Waals surface area contributed by atoms with Crippen LogP contribution in [-0.4, -0.2) is 11.4 Å². The van der Waals surface area contributed by atoms with Gasteiger partial charge in [-0.3, -0.25) is 0 Å². The lowest BCUT2D eigenvalue weighted by Gasteiger charge is -1.98. The SMILES string of the molecule is C#CCCCC[n+]1ccccc1/C=N/O.[Cl-].